The Morgan fingerprint density at radius 3 is 2.74 bits per heavy atom. The average molecular weight is 382 g/mol. The fourth-order valence-corrected chi connectivity index (χ4v) is 3.52. The number of aromatic nitrogens is 2. The van der Waals surface area contributed by atoms with E-state index in [-0.39, 0.29) is 30.5 Å². The number of aryl methyl sites for hydroxylation is 2. The van der Waals surface area contributed by atoms with Gasteiger partial charge in [0.2, 0.25) is 5.91 Å². The van der Waals surface area contributed by atoms with Gasteiger partial charge in [-0.1, -0.05) is 35.9 Å². The van der Waals surface area contributed by atoms with Crippen molar-refractivity contribution in [2.75, 3.05) is 0 Å². The number of rotatable bonds is 5. The second-order valence-electron chi connectivity index (χ2n) is 6.83. The van der Waals surface area contributed by atoms with E-state index in [1.54, 1.807) is 6.07 Å². The van der Waals surface area contributed by atoms with Crippen molar-refractivity contribution in [3.05, 3.63) is 74.3 Å². The zero-order valence-electron chi connectivity index (χ0n) is 15.7. The Kier molecular flexibility index (Phi) is 5.56. The van der Waals surface area contributed by atoms with Crippen LogP contribution in [0.5, 0.6) is 0 Å². The second kappa shape index (κ2) is 7.88. The lowest BCUT2D eigenvalue weighted by atomic mass is 10.00. The standard InChI is InChI=1S/C21H23N3O2S/c1-13-8-9-14(2)17(12-13)15(3)22-19(25)10-11-24-20(26)16-6-4-5-7-18(16)23-21(24)27/h4-9,12,15H,10-11H2,1-3H3,(H,22,25)(H,23,27). The first-order valence-corrected chi connectivity index (χ1v) is 9.36. The molecule has 1 amide bonds. The molecular weight excluding hydrogens is 358 g/mol. The molecule has 0 radical (unpaired) electrons. The van der Waals surface area contributed by atoms with E-state index in [1.165, 1.54) is 4.57 Å². The van der Waals surface area contributed by atoms with Crippen LogP contribution in [0.4, 0.5) is 0 Å². The Morgan fingerprint density at radius 1 is 1.22 bits per heavy atom. The molecule has 0 aliphatic rings. The first kappa shape index (κ1) is 19.0. The van der Waals surface area contributed by atoms with Crippen LogP contribution in [-0.4, -0.2) is 15.5 Å². The van der Waals surface area contributed by atoms with Gasteiger partial charge < -0.3 is 10.3 Å². The molecule has 0 saturated heterocycles. The number of hydrogen-bond donors (Lipinski definition) is 2. The smallest absolute Gasteiger partial charge is 0.262 e. The van der Waals surface area contributed by atoms with E-state index >= 15 is 0 Å². The molecule has 140 valence electrons. The van der Waals surface area contributed by atoms with Crippen molar-refractivity contribution in [3.63, 3.8) is 0 Å². The van der Waals surface area contributed by atoms with Crippen LogP contribution >= 0.6 is 12.2 Å². The maximum atomic E-state index is 12.6. The van der Waals surface area contributed by atoms with Crippen molar-refractivity contribution in [3.8, 4) is 0 Å². The monoisotopic (exact) mass is 381 g/mol. The fourth-order valence-electron chi connectivity index (χ4n) is 3.23. The Hall–Kier alpha value is -2.73. The molecular formula is C21H23N3O2S. The van der Waals surface area contributed by atoms with Crippen molar-refractivity contribution in [1.82, 2.24) is 14.9 Å². The van der Waals surface area contributed by atoms with Crippen molar-refractivity contribution in [1.29, 1.82) is 0 Å². The molecule has 1 aromatic heterocycles. The summed E-state index contributed by atoms with van der Waals surface area (Å²) in [6, 6.07) is 13.3. The van der Waals surface area contributed by atoms with E-state index in [0.717, 1.165) is 16.7 Å². The van der Waals surface area contributed by atoms with Crippen LogP contribution in [0.15, 0.2) is 47.3 Å². The van der Waals surface area contributed by atoms with E-state index in [9.17, 15) is 9.59 Å². The highest BCUT2D eigenvalue weighted by Gasteiger charge is 2.13. The molecule has 0 fully saturated rings. The van der Waals surface area contributed by atoms with Gasteiger partial charge in [0.1, 0.15) is 0 Å². The number of aromatic amines is 1. The van der Waals surface area contributed by atoms with Crippen LogP contribution < -0.4 is 10.9 Å². The third kappa shape index (κ3) is 4.17. The summed E-state index contributed by atoms with van der Waals surface area (Å²) < 4.78 is 1.77. The molecule has 6 heteroatoms. The van der Waals surface area contributed by atoms with E-state index in [0.29, 0.717) is 15.7 Å². The minimum atomic E-state index is -0.176. The minimum Gasteiger partial charge on any atom is -0.350 e. The number of carbonyl (C=O) groups is 1. The molecule has 0 spiro atoms. The Bertz CT molecular complexity index is 1110. The number of H-pyrrole nitrogens is 1. The van der Waals surface area contributed by atoms with Gasteiger partial charge in [0, 0.05) is 13.0 Å². The lowest BCUT2D eigenvalue weighted by Crippen LogP contribution is -2.30. The third-order valence-electron chi connectivity index (χ3n) is 4.73. The molecule has 1 unspecified atom stereocenters. The van der Waals surface area contributed by atoms with Crippen molar-refractivity contribution in [2.45, 2.75) is 39.8 Å². The summed E-state index contributed by atoms with van der Waals surface area (Å²) in [6.45, 7) is 6.27. The normalized spacial score (nSPS) is 12.1. The summed E-state index contributed by atoms with van der Waals surface area (Å²) in [6.07, 6.45) is 0.185. The lowest BCUT2D eigenvalue weighted by Gasteiger charge is -2.17. The first-order chi connectivity index (χ1) is 12.9. The SMILES string of the molecule is Cc1ccc(C)c(C(C)NC(=O)CCn2c(=S)[nH]c3ccccc3c2=O)c1. The van der Waals surface area contributed by atoms with Gasteiger partial charge in [0.05, 0.1) is 16.9 Å². The van der Waals surface area contributed by atoms with Crippen LogP contribution in [-0.2, 0) is 11.3 Å². The van der Waals surface area contributed by atoms with Gasteiger partial charge in [-0.3, -0.25) is 14.2 Å². The fraction of sp³-hybridized carbons (Fsp3) is 0.286. The van der Waals surface area contributed by atoms with E-state index in [1.807, 2.05) is 39.0 Å². The molecule has 1 atom stereocenters. The quantitative estimate of drug-likeness (QED) is 0.658. The predicted octanol–water partition coefficient (Wildman–Crippen LogP) is 3.94. The van der Waals surface area contributed by atoms with Crippen LogP contribution in [0, 0.1) is 18.6 Å². The minimum absolute atomic E-state index is 0.0970. The lowest BCUT2D eigenvalue weighted by molar-refractivity contribution is -0.122. The number of nitrogens with zero attached hydrogens (tertiary/aromatic N) is 1. The van der Waals surface area contributed by atoms with Gasteiger partial charge in [-0.15, -0.1) is 0 Å². The van der Waals surface area contributed by atoms with Gasteiger partial charge in [0.25, 0.3) is 5.56 Å². The first-order valence-electron chi connectivity index (χ1n) is 8.95. The topological polar surface area (TPSA) is 66.9 Å². The molecule has 27 heavy (non-hydrogen) atoms. The molecule has 5 nitrogen and oxygen atoms in total. The summed E-state index contributed by atoms with van der Waals surface area (Å²) in [5.74, 6) is -0.113. The van der Waals surface area contributed by atoms with Crippen LogP contribution in [0.2, 0.25) is 0 Å². The van der Waals surface area contributed by atoms with Gasteiger partial charge in [-0.25, -0.2) is 0 Å². The number of benzene rings is 2. The maximum Gasteiger partial charge on any atom is 0.262 e. The molecule has 2 aromatic carbocycles. The summed E-state index contributed by atoms with van der Waals surface area (Å²) >= 11 is 5.29. The number of amides is 1. The molecule has 3 aromatic rings. The summed E-state index contributed by atoms with van der Waals surface area (Å²) in [7, 11) is 0. The van der Waals surface area contributed by atoms with Crippen LogP contribution in [0.1, 0.15) is 36.1 Å². The largest absolute Gasteiger partial charge is 0.350 e. The molecule has 3 rings (SSSR count). The number of carbonyl (C=O) groups excluding carboxylic acids is 1. The van der Waals surface area contributed by atoms with Gasteiger partial charge in [0.15, 0.2) is 4.77 Å². The Labute approximate surface area is 163 Å². The molecule has 0 aliphatic heterocycles. The van der Waals surface area contributed by atoms with Crippen molar-refractivity contribution < 1.29 is 4.79 Å². The summed E-state index contributed by atoms with van der Waals surface area (Å²) in [5.41, 5.74) is 3.93. The number of hydrogen-bond acceptors (Lipinski definition) is 3. The Morgan fingerprint density at radius 2 is 1.96 bits per heavy atom. The van der Waals surface area contributed by atoms with Gasteiger partial charge in [-0.2, -0.15) is 0 Å². The number of para-hydroxylation sites is 1. The highest BCUT2D eigenvalue weighted by atomic mass is 32.1. The number of fused-ring (bicyclic) bond motifs is 1. The predicted molar refractivity (Wildman–Crippen MR) is 110 cm³/mol. The summed E-state index contributed by atoms with van der Waals surface area (Å²) in [4.78, 5) is 28.1. The average Bonchev–Trinajstić information content (AvgIpc) is 2.63. The highest BCUT2D eigenvalue weighted by molar-refractivity contribution is 7.71. The second-order valence-corrected chi connectivity index (χ2v) is 7.22. The van der Waals surface area contributed by atoms with E-state index < -0.39 is 0 Å². The maximum absolute atomic E-state index is 12.6. The molecule has 1 heterocycles. The molecule has 2 N–H and O–H groups in total. The highest BCUT2D eigenvalue weighted by Crippen LogP contribution is 2.19. The van der Waals surface area contributed by atoms with Crippen LogP contribution in [0.3, 0.4) is 0 Å². The van der Waals surface area contributed by atoms with Crippen LogP contribution in [0.25, 0.3) is 10.9 Å². The van der Waals surface area contributed by atoms with Crippen molar-refractivity contribution >= 4 is 29.0 Å². The molecule has 0 bridgehead atoms. The summed E-state index contributed by atoms with van der Waals surface area (Å²) in [5, 5.41) is 3.58. The van der Waals surface area contributed by atoms with Gasteiger partial charge in [-0.05, 0) is 56.2 Å². The zero-order valence-corrected chi connectivity index (χ0v) is 16.5. The van der Waals surface area contributed by atoms with E-state index in [4.69, 9.17) is 12.2 Å². The van der Waals surface area contributed by atoms with E-state index in [2.05, 4.69) is 28.5 Å². The molecule has 0 saturated carbocycles. The van der Waals surface area contributed by atoms with Crippen molar-refractivity contribution in [2.24, 2.45) is 0 Å². The van der Waals surface area contributed by atoms with Gasteiger partial charge >= 0.3 is 0 Å². The zero-order chi connectivity index (χ0) is 19.6. The Balaban J connectivity index is 1.73. The number of nitrogens with one attached hydrogen (secondary N) is 2. The third-order valence-corrected chi connectivity index (χ3v) is 5.05. The molecule has 0 aliphatic carbocycles.